The second-order valence-corrected chi connectivity index (χ2v) is 6.05. The molecule has 0 heterocycles. The van der Waals surface area contributed by atoms with Crippen LogP contribution >= 0.6 is 0 Å². The highest BCUT2D eigenvalue weighted by Crippen LogP contribution is 2.37. The molecule has 0 aromatic heterocycles. The van der Waals surface area contributed by atoms with Crippen molar-refractivity contribution in [2.75, 3.05) is 26.5 Å². The molecule has 126 valence electrons. The highest BCUT2D eigenvalue weighted by Gasteiger charge is 2.41. The number of carbonyl (C=O) groups excluding carboxylic acids is 2. The Balaban J connectivity index is 2.36. The third-order valence-corrected chi connectivity index (χ3v) is 4.41. The number of fused-ring (bicyclic) bond motifs is 1. The predicted octanol–water partition coefficient (Wildman–Crippen LogP) is 1.54. The summed E-state index contributed by atoms with van der Waals surface area (Å²) in [5, 5.41) is 2.40. The van der Waals surface area contributed by atoms with E-state index in [0.29, 0.717) is 6.29 Å². The number of hydrogen-bond acceptors (Lipinski definition) is 4. The summed E-state index contributed by atoms with van der Waals surface area (Å²) in [6.45, 7) is 1.65. The summed E-state index contributed by atoms with van der Waals surface area (Å²) in [5.74, 6) is -1.82. The molecule has 1 aliphatic carbocycles. The molecule has 2 rings (SSSR count). The average Bonchev–Trinajstić information content (AvgIpc) is 2.93. The fraction of sp³-hybridized carbons (Fsp3) is 0.500. The van der Waals surface area contributed by atoms with E-state index in [9.17, 15) is 18.4 Å². The lowest BCUT2D eigenvalue weighted by atomic mass is 10.0. The number of amides is 1. The van der Waals surface area contributed by atoms with Crippen LogP contribution in [-0.4, -0.2) is 49.9 Å². The van der Waals surface area contributed by atoms with Crippen molar-refractivity contribution in [1.29, 1.82) is 0 Å². The normalized spacial score (nSPS) is 21.2. The van der Waals surface area contributed by atoms with Gasteiger partial charge in [0.1, 0.15) is 11.4 Å². The zero-order valence-corrected chi connectivity index (χ0v) is 13.6. The number of ether oxygens (including phenoxy) is 1. The van der Waals surface area contributed by atoms with Crippen LogP contribution in [0.25, 0.3) is 0 Å². The zero-order valence-electron chi connectivity index (χ0n) is 13.6. The van der Waals surface area contributed by atoms with Crippen molar-refractivity contribution in [2.45, 2.75) is 31.4 Å². The first-order chi connectivity index (χ1) is 10.7. The van der Waals surface area contributed by atoms with E-state index in [1.54, 1.807) is 25.9 Å². The molecule has 0 saturated carbocycles. The molecule has 0 aliphatic heterocycles. The Morgan fingerprint density at radius 2 is 2.00 bits per heavy atom. The maximum atomic E-state index is 14.6. The van der Waals surface area contributed by atoms with E-state index < -0.39 is 29.2 Å². The number of hydrogen-bond donors (Lipinski definition) is 1. The van der Waals surface area contributed by atoms with E-state index in [2.05, 4.69) is 5.32 Å². The minimum atomic E-state index is -1.25. The van der Waals surface area contributed by atoms with Gasteiger partial charge in [0, 0.05) is 26.0 Å². The number of likely N-dealkylation sites (N-methyl/N-ethyl adjacent to an activating group) is 1. The monoisotopic (exact) mass is 326 g/mol. The van der Waals surface area contributed by atoms with Crippen molar-refractivity contribution >= 4 is 17.9 Å². The van der Waals surface area contributed by atoms with Crippen LogP contribution < -0.4 is 5.32 Å². The van der Waals surface area contributed by atoms with Gasteiger partial charge in [-0.15, -0.1) is 0 Å². The van der Waals surface area contributed by atoms with Crippen LogP contribution in [-0.2, 0) is 27.2 Å². The quantitative estimate of drug-likeness (QED) is 0.834. The number of anilines is 1. The summed E-state index contributed by atoms with van der Waals surface area (Å²) in [6, 6.07) is 0.448. The Morgan fingerprint density at radius 3 is 2.52 bits per heavy atom. The summed E-state index contributed by atoms with van der Waals surface area (Å²) in [4.78, 5) is 24.9. The van der Waals surface area contributed by atoms with Gasteiger partial charge in [-0.3, -0.25) is 9.69 Å². The van der Waals surface area contributed by atoms with Crippen molar-refractivity contribution in [3.05, 3.63) is 28.8 Å². The molecule has 0 radical (unpaired) electrons. The van der Waals surface area contributed by atoms with Crippen LogP contribution in [0.3, 0.4) is 0 Å². The van der Waals surface area contributed by atoms with Crippen molar-refractivity contribution in [3.8, 4) is 0 Å². The molecule has 1 unspecified atom stereocenters. The minimum absolute atomic E-state index is 0.0204. The summed E-state index contributed by atoms with van der Waals surface area (Å²) >= 11 is 0. The summed E-state index contributed by atoms with van der Waals surface area (Å²) < 4.78 is 34.0. The van der Waals surface area contributed by atoms with Crippen molar-refractivity contribution in [1.82, 2.24) is 4.90 Å². The number of methoxy groups -OCH3 is 1. The van der Waals surface area contributed by atoms with Crippen LogP contribution in [0, 0.1) is 11.6 Å². The first-order valence-corrected chi connectivity index (χ1v) is 7.23. The fourth-order valence-electron chi connectivity index (χ4n) is 2.59. The van der Waals surface area contributed by atoms with Crippen molar-refractivity contribution < 1.29 is 23.1 Å². The SMILES string of the molecule is COC1(C=O)Cc2c(F)cc(NC(=O)[C@@H](C)N(C)C)c(F)c2C1. The number of nitrogens with one attached hydrogen (secondary N) is 1. The van der Waals surface area contributed by atoms with E-state index >= 15 is 0 Å². The summed E-state index contributed by atoms with van der Waals surface area (Å²) in [7, 11) is 4.75. The van der Waals surface area contributed by atoms with E-state index in [4.69, 9.17) is 4.74 Å². The third kappa shape index (κ3) is 3.11. The largest absolute Gasteiger partial charge is 0.370 e. The topological polar surface area (TPSA) is 58.6 Å². The van der Waals surface area contributed by atoms with Crippen LogP contribution in [0.5, 0.6) is 0 Å². The first-order valence-electron chi connectivity index (χ1n) is 7.23. The van der Waals surface area contributed by atoms with Gasteiger partial charge in [-0.05, 0) is 32.1 Å². The van der Waals surface area contributed by atoms with Crippen LogP contribution in [0.2, 0.25) is 0 Å². The number of benzene rings is 1. The Hall–Kier alpha value is -1.86. The van der Waals surface area contributed by atoms with Gasteiger partial charge < -0.3 is 14.8 Å². The first kappa shape index (κ1) is 17.5. The third-order valence-electron chi connectivity index (χ3n) is 4.41. The molecule has 0 saturated heterocycles. The molecule has 0 bridgehead atoms. The van der Waals surface area contributed by atoms with Gasteiger partial charge in [0.15, 0.2) is 12.1 Å². The van der Waals surface area contributed by atoms with E-state index in [1.807, 2.05) is 0 Å². The molecule has 1 aromatic rings. The maximum absolute atomic E-state index is 14.6. The highest BCUT2D eigenvalue weighted by atomic mass is 19.1. The van der Waals surface area contributed by atoms with E-state index in [1.165, 1.54) is 7.11 Å². The fourth-order valence-corrected chi connectivity index (χ4v) is 2.59. The maximum Gasteiger partial charge on any atom is 0.241 e. The number of rotatable bonds is 5. The van der Waals surface area contributed by atoms with Crippen LogP contribution in [0.1, 0.15) is 18.1 Å². The summed E-state index contributed by atoms with van der Waals surface area (Å²) in [6.07, 6.45) is 0.490. The number of halogens is 2. The lowest BCUT2D eigenvalue weighted by molar-refractivity contribution is -0.126. The predicted molar refractivity (Wildman–Crippen MR) is 81.3 cm³/mol. The molecule has 1 aromatic carbocycles. The molecule has 0 spiro atoms. The second-order valence-electron chi connectivity index (χ2n) is 6.05. The lowest BCUT2D eigenvalue weighted by Gasteiger charge is -2.20. The molecule has 23 heavy (non-hydrogen) atoms. The molecule has 1 aliphatic rings. The smallest absolute Gasteiger partial charge is 0.241 e. The van der Waals surface area contributed by atoms with Gasteiger partial charge in [-0.25, -0.2) is 8.78 Å². The Labute approximate surface area is 133 Å². The highest BCUT2D eigenvalue weighted by molar-refractivity contribution is 5.94. The molecule has 1 N–H and O–H groups in total. The molecule has 1 amide bonds. The number of carbonyl (C=O) groups is 2. The summed E-state index contributed by atoms with van der Waals surface area (Å²) in [5.41, 5.74) is -1.27. The van der Waals surface area contributed by atoms with Gasteiger partial charge in [0.25, 0.3) is 0 Å². The second kappa shape index (κ2) is 6.33. The number of nitrogens with zero attached hydrogens (tertiary/aromatic N) is 1. The molecular formula is C16H20F2N2O3. The van der Waals surface area contributed by atoms with Crippen molar-refractivity contribution in [2.24, 2.45) is 0 Å². The Morgan fingerprint density at radius 1 is 1.39 bits per heavy atom. The van der Waals surface area contributed by atoms with E-state index in [0.717, 1.165) is 6.07 Å². The van der Waals surface area contributed by atoms with Gasteiger partial charge in [0.2, 0.25) is 5.91 Å². The van der Waals surface area contributed by atoms with Gasteiger partial charge >= 0.3 is 0 Å². The minimum Gasteiger partial charge on any atom is -0.370 e. The molecule has 5 nitrogen and oxygen atoms in total. The van der Waals surface area contributed by atoms with E-state index in [-0.39, 0.29) is 29.7 Å². The van der Waals surface area contributed by atoms with Gasteiger partial charge in [-0.1, -0.05) is 0 Å². The lowest BCUT2D eigenvalue weighted by Crippen LogP contribution is -2.37. The molecular weight excluding hydrogens is 306 g/mol. The number of aldehydes is 1. The average molecular weight is 326 g/mol. The molecule has 0 fully saturated rings. The molecule has 2 atom stereocenters. The zero-order chi connectivity index (χ0) is 17.4. The Bertz CT molecular complexity index is 649. The van der Waals surface area contributed by atoms with Gasteiger partial charge in [-0.2, -0.15) is 0 Å². The van der Waals surface area contributed by atoms with Crippen LogP contribution in [0.15, 0.2) is 6.07 Å². The van der Waals surface area contributed by atoms with Gasteiger partial charge in [0.05, 0.1) is 11.7 Å². The van der Waals surface area contributed by atoms with Crippen molar-refractivity contribution in [3.63, 3.8) is 0 Å². The Kier molecular flexibility index (Phi) is 4.81. The standard InChI is InChI=1S/C16H20F2N2O3/c1-9(20(2)3)15(22)19-13-5-12(17)10-6-16(8-21,23-4)7-11(10)14(13)18/h5,8-9H,6-7H2,1-4H3,(H,19,22)/t9-,16?/m1/s1. The van der Waals surface area contributed by atoms with Crippen LogP contribution in [0.4, 0.5) is 14.5 Å². The molecule has 7 heteroatoms.